The van der Waals surface area contributed by atoms with E-state index in [1.807, 2.05) is 32.0 Å². The fourth-order valence-electron chi connectivity index (χ4n) is 2.53. The molecule has 1 aromatic heterocycles. The van der Waals surface area contributed by atoms with Gasteiger partial charge in [0.1, 0.15) is 10.8 Å². The van der Waals surface area contributed by atoms with Crippen molar-refractivity contribution in [2.75, 3.05) is 20.6 Å². The van der Waals surface area contributed by atoms with Crippen LogP contribution in [0.1, 0.15) is 48.5 Å². The van der Waals surface area contributed by atoms with Crippen LogP contribution in [0, 0.1) is 5.82 Å². The number of benzene rings is 1. The molecule has 0 bridgehead atoms. The van der Waals surface area contributed by atoms with Crippen molar-refractivity contribution in [1.29, 1.82) is 0 Å². The van der Waals surface area contributed by atoms with Gasteiger partial charge in [-0.3, -0.25) is 0 Å². The van der Waals surface area contributed by atoms with Crippen LogP contribution in [0.3, 0.4) is 0 Å². The number of halogens is 1. The van der Waals surface area contributed by atoms with Crippen molar-refractivity contribution in [2.24, 2.45) is 4.99 Å². The van der Waals surface area contributed by atoms with Gasteiger partial charge in [0.15, 0.2) is 5.96 Å². The first-order valence-electron chi connectivity index (χ1n) is 9.27. The van der Waals surface area contributed by atoms with Gasteiger partial charge in [0.2, 0.25) is 0 Å². The van der Waals surface area contributed by atoms with E-state index in [2.05, 4.69) is 39.8 Å². The molecule has 7 heteroatoms. The maximum atomic E-state index is 13.9. The molecule has 2 aromatic rings. The van der Waals surface area contributed by atoms with Gasteiger partial charge in [0.25, 0.3) is 0 Å². The van der Waals surface area contributed by atoms with Gasteiger partial charge < -0.3 is 15.5 Å². The maximum Gasteiger partial charge on any atom is 0.191 e. The summed E-state index contributed by atoms with van der Waals surface area (Å²) in [5, 5.41) is 9.72. The zero-order chi connectivity index (χ0) is 19.8. The highest BCUT2D eigenvalue weighted by molar-refractivity contribution is 7.09. The number of thiazole rings is 1. The van der Waals surface area contributed by atoms with Gasteiger partial charge in [-0.15, -0.1) is 11.3 Å². The zero-order valence-corrected chi connectivity index (χ0v) is 17.7. The van der Waals surface area contributed by atoms with Crippen LogP contribution in [0.15, 0.2) is 28.6 Å². The monoisotopic (exact) mass is 391 g/mol. The fourth-order valence-corrected chi connectivity index (χ4v) is 3.43. The molecule has 2 rings (SSSR count). The van der Waals surface area contributed by atoms with E-state index >= 15 is 0 Å². The zero-order valence-electron chi connectivity index (χ0n) is 16.8. The number of guanidine groups is 1. The summed E-state index contributed by atoms with van der Waals surface area (Å²) in [5.74, 6) is 0.996. The number of rotatable bonds is 8. The van der Waals surface area contributed by atoms with Crippen LogP contribution in [0.4, 0.5) is 4.39 Å². The highest BCUT2D eigenvalue weighted by Gasteiger charge is 2.07. The molecule has 0 aliphatic rings. The SMILES string of the molecule is CCNC(=NCc1ccc(F)c(CN(C)C)c1)NCc1nc(C(C)C)cs1. The van der Waals surface area contributed by atoms with Crippen molar-refractivity contribution in [3.8, 4) is 0 Å². The number of nitrogens with one attached hydrogen (secondary N) is 2. The molecule has 27 heavy (non-hydrogen) atoms. The Morgan fingerprint density at radius 2 is 2.07 bits per heavy atom. The number of aliphatic imine (C=N–C) groups is 1. The first-order valence-corrected chi connectivity index (χ1v) is 10.2. The molecule has 0 spiro atoms. The van der Waals surface area contributed by atoms with Gasteiger partial charge in [0.05, 0.1) is 18.8 Å². The van der Waals surface area contributed by atoms with E-state index in [4.69, 9.17) is 0 Å². The fraction of sp³-hybridized carbons (Fsp3) is 0.500. The van der Waals surface area contributed by atoms with Crippen LogP contribution in [-0.4, -0.2) is 36.5 Å². The van der Waals surface area contributed by atoms with Crippen molar-refractivity contribution >= 4 is 17.3 Å². The van der Waals surface area contributed by atoms with Gasteiger partial charge >= 0.3 is 0 Å². The van der Waals surface area contributed by atoms with Gasteiger partial charge in [0, 0.05) is 24.0 Å². The average Bonchev–Trinajstić information content (AvgIpc) is 3.09. The largest absolute Gasteiger partial charge is 0.357 e. The van der Waals surface area contributed by atoms with Crippen LogP contribution < -0.4 is 10.6 Å². The molecule has 0 unspecified atom stereocenters. The normalized spacial score (nSPS) is 12.1. The molecular formula is C20H30FN5S. The standard InChI is InChI=1S/C20H30FN5S/c1-6-22-20(24-11-19-25-18(13-27-19)14(2)3)23-10-15-7-8-17(21)16(9-15)12-26(4)5/h7-9,13-14H,6,10-12H2,1-5H3,(H2,22,23,24). The predicted octanol–water partition coefficient (Wildman–Crippen LogP) is 3.72. The van der Waals surface area contributed by atoms with E-state index in [1.165, 1.54) is 6.07 Å². The Morgan fingerprint density at radius 3 is 2.70 bits per heavy atom. The lowest BCUT2D eigenvalue weighted by atomic mass is 10.1. The number of hydrogen-bond acceptors (Lipinski definition) is 4. The smallest absolute Gasteiger partial charge is 0.191 e. The number of nitrogens with zero attached hydrogens (tertiary/aromatic N) is 3. The van der Waals surface area contributed by atoms with E-state index in [-0.39, 0.29) is 5.82 Å². The molecule has 1 heterocycles. The van der Waals surface area contributed by atoms with Gasteiger partial charge in [-0.05, 0) is 44.6 Å². The lowest BCUT2D eigenvalue weighted by Crippen LogP contribution is -2.36. The molecule has 1 aromatic carbocycles. The third-order valence-corrected chi connectivity index (χ3v) is 4.80. The van der Waals surface area contributed by atoms with Gasteiger partial charge in [-0.1, -0.05) is 19.9 Å². The Bertz CT molecular complexity index is 755. The summed E-state index contributed by atoms with van der Waals surface area (Å²) >= 11 is 1.66. The molecule has 0 saturated carbocycles. The quantitative estimate of drug-likeness (QED) is 0.532. The van der Waals surface area contributed by atoms with Crippen molar-refractivity contribution in [3.05, 3.63) is 51.2 Å². The third kappa shape index (κ3) is 6.92. The second-order valence-corrected chi connectivity index (χ2v) is 7.98. The first kappa shape index (κ1) is 21.3. The summed E-state index contributed by atoms with van der Waals surface area (Å²) in [7, 11) is 3.86. The highest BCUT2D eigenvalue weighted by atomic mass is 32.1. The van der Waals surface area contributed by atoms with E-state index in [0.29, 0.717) is 31.1 Å². The Hall–Kier alpha value is -1.99. The Labute approximate surface area is 165 Å². The van der Waals surface area contributed by atoms with E-state index in [9.17, 15) is 4.39 Å². The average molecular weight is 392 g/mol. The molecule has 148 valence electrons. The molecular weight excluding hydrogens is 361 g/mol. The summed E-state index contributed by atoms with van der Waals surface area (Å²) in [6.07, 6.45) is 0. The highest BCUT2D eigenvalue weighted by Crippen LogP contribution is 2.17. The van der Waals surface area contributed by atoms with E-state index < -0.39 is 0 Å². The lowest BCUT2D eigenvalue weighted by Gasteiger charge is -2.12. The summed E-state index contributed by atoms with van der Waals surface area (Å²) < 4.78 is 13.9. The third-order valence-electron chi connectivity index (χ3n) is 3.93. The summed E-state index contributed by atoms with van der Waals surface area (Å²) in [5.41, 5.74) is 2.80. The predicted molar refractivity (Wildman–Crippen MR) is 112 cm³/mol. The van der Waals surface area contributed by atoms with Crippen LogP contribution in [0.5, 0.6) is 0 Å². The summed E-state index contributed by atoms with van der Waals surface area (Å²) in [6.45, 7) is 8.80. The van der Waals surface area contributed by atoms with Crippen LogP contribution in [0.25, 0.3) is 0 Å². The minimum Gasteiger partial charge on any atom is -0.357 e. The van der Waals surface area contributed by atoms with E-state index in [0.717, 1.165) is 28.8 Å². The maximum absolute atomic E-state index is 13.9. The van der Waals surface area contributed by atoms with Crippen LogP contribution in [-0.2, 0) is 19.6 Å². The first-order chi connectivity index (χ1) is 12.9. The summed E-state index contributed by atoms with van der Waals surface area (Å²) in [4.78, 5) is 11.2. The van der Waals surface area contributed by atoms with Gasteiger partial charge in [-0.2, -0.15) is 0 Å². The van der Waals surface area contributed by atoms with Crippen LogP contribution >= 0.6 is 11.3 Å². The number of hydrogen-bond donors (Lipinski definition) is 2. The van der Waals surface area contributed by atoms with Gasteiger partial charge in [-0.25, -0.2) is 14.4 Å². The van der Waals surface area contributed by atoms with Crippen LogP contribution in [0.2, 0.25) is 0 Å². The molecule has 0 radical (unpaired) electrons. The minimum atomic E-state index is -0.175. The second-order valence-electron chi connectivity index (χ2n) is 7.03. The molecule has 2 N–H and O–H groups in total. The Morgan fingerprint density at radius 1 is 1.30 bits per heavy atom. The second kappa shape index (κ2) is 10.4. The Kier molecular flexibility index (Phi) is 8.19. The number of aromatic nitrogens is 1. The molecule has 0 saturated heterocycles. The molecule has 0 amide bonds. The topological polar surface area (TPSA) is 52.6 Å². The minimum absolute atomic E-state index is 0.175. The molecule has 5 nitrogen and oxygen atoms in total. The Balaban J connectivity index is 2.01. The van der Waals surface area contributed by atoms with Crippen molar-refractivity contribution in [3.63, 3.8) is 0 Å². The van der Waals surface area contributed by atoms with Crippen molar-refractivity contribution < 1.29 is 4.39 Å². The molecule has 0 aliphatic heterocycles. The van der Waals surface area contributed by atoms with Crippen molar-refractivity contribution in [1.82, 2.24) is 20.5 Å². The summed E-state index contributed by atoms with van der Waals surface area (Å²) in [6, 6.07) is 5.20. The van der Waals surface area contributed by atoms with Crippen molar-refractivity contribution in [2.45, 2.75) is 46.3 Å². The molecule has 0 fully saturated rings. The molecule has 0 atom stereocenters. The van der Waals surface area contributed by atoms with E-state index in [1.54, 1.807) is 17.4 Å². The molecule has 0 aliphatic carbocycles. The lowest BCUT2D eigenvalue weighted by molar-refractivity contribution is 0.392.